The van der Waals surface area contributed by atoms with Crippen LogP contribution >= 0.6 is 0 Å². The summed E-state index contributed by atoms with van der Waals surface area (Å²) in [6.07, 6.45) is -5.60. The monoisotopic (exact) mass is 410 g/mol. The number of amides is 1. The number of rotatable bonds is 4. The molecule has 1 amide bonds. The molecule has 2 aromatic heterocycles. The van der Waals surface area contributed by atoms with Gasteiger partial charge in [-0.05, 0) is 24.6 Å². The van der Waals surface area contributed by atoms with Crippen LogP contribution in [-0.4, -0.2) is 20.7 Å². The van der Waals surface area contributed by atoms with Crippen molar-refractivity contribution in [2.24, 2.45) is 7.05 Å². The summed E-state index contributed by atoms with van der Waals surface area (Å²) in [7, 11) is 1.41. The molecular weight excluding hydrogens is 395 g/mol. The molecule has 0 fully saturated rings. The number of hydrogen-bond donors (Lipinski definition) is 1. The lowest BCUT2D eigenvalue weighted by Gasteiger charge is -2.14. The normalized spacial score (nSPS) is 11.7. The molecule has 1 aromatic carbocycles. The zero-order valence-corrected chi connectivity index (χ0v) is 15.3. The number of carbonyl (C=O) groups excluding carboxylic acids is 1. The first-order valence-electron chi connectivity index (χ1n) is 8.34. The number of alkyl halides is 5. The number of benzene rings is 1. The van der Waals surface area contributed by atoms with Crippen molar-refractivity contribution in [2.45, 2.75) is 19.5 Å². The van der Waals surface area contributed by atoms with Gasteiger partial charge in [-0.3, -0.25) is 14.5 Å². The minimum absolute atomic E-state index is 0.219. The average molecular weight is 410 g/mol. The van der Waals surface area contributed by atoms with Gasteiger partial charge in [-0.25, -0.2) is 8.78 Å². The van der Waals surface area contributed by atoms with Crippen LogP contribution in [0.1, 0.15) is 33.6 Å². The van der Waals surface area contributed by atoms with Crippen LogP contribution < -0.4 is 5.32 Å². The summed E-state index contributed by atoms with van der Waals surface area (Å²) < 4.78 is 66.0. The topological polar surface area (TPSA) is 59.8 Å². The van der Waals surface area contributed by atoms with Gasteiger partial charge in [-0.2, -0.15) is 18.3 Å². The molecule has 0 saturated carbocycles. The van der Waals surface area contributed by atoms with Crippen molar-refractivity contribution in [1.82, 2.24) is 14.8 Å². The van der Waals surface area contributed by atoms with E-state index in [0.717, 1.165) is 10.7 Å². The highest BCUT2D eigenvalue weighted by molar-refractivity contribution is 6.06. The van der Waals surface area contributed by atoms with E-state index in [-0.39, 0.29) is 22.5 Å². The third-order valence-electron chi connectivity index (χ3n) is 4.14. The van der Waals surface area contributed by atoms with Gasteiger partial charge in [0.15, 0.2) is 0 Å². The number of nitrogens with one attached hydrogen (secondary N) is 1. The summed E-state index contributed by atoms with van der Waals surface area (Å²) in [5.41, 5.74) is -0.797. The van der Waals surface area contributed by atoms with Gasteiger partial charge in [0, 0.05) is 25.0 Å². The maximum Gasteiger partial charge on any atom is 0.417 e. The maximum absolute atomic E-state index is 13.1. The quantitative estimate of drug-likeness (QED) is 0.616. The van der Waals surface area contributed by atoms with Gasteiger partial charge in [0.25, 0.3) is 12.3 Å². The fraction of sp³-hybridized carbons (Fsp3) is 0.211. The van der Waals surface area contributed by atoms with Gasteiger partial charge >= 0.3 is 6.18 Å². The van der Waals surface area contributed by atoms with E-state index >= 15 is 0 Å². The Labute approximate surface area is 162 Å². The van der Waals surface area contributed by atoms with E-state index in [2.05, 4.69) is 15.4 Å². The van der Waals surface area contributed by atoms with E-state index in [9.17, 15) is 26.7 Å². The van der Waals surface area contributed by atoms with Gasteiger partial charge in [0.2, 0.25) is 0 Å². The van der Waals surface area contributed by atoms with Crippen molar-refractivity contribution < 1.29 is 26.7 Å². The molecule has 0 aliphatic rings. The number of carbonyl (C=O) groups is 1. The number of anilines is 1. The molecule has 152 valence electrons. The van der Waals surface area contributed by atoms with Crippen molar-refractivity contribution in [3.8, 4) is 11.3 Å². The third-order valence-corrected chi connectivity index (χ3v) is 4.14. The fourth-order valence-corrected chi connectivity index (χ4v) is 2.84. The Hall–Kier alpha value is -3.30. The maximum atomic E-state index is 13.1. The molecule has 29 heavy (non-hydrogen) atoms. The molecule has 2 heterocycles. The van der Waals surface area contributed by atoms with Crippen LogP contribution in [0.2, 0.25) is 0 Å². The van der Waals surface area contributed by atoms with E-state index in [0.29, 0.717) is 11.8 Å². The predicted octanol–water partition coefficient (Wildman–Crippen LogP) is 5.00. The van der Waals surface area contributed by atoms with Crippen LogP contribution in [0, 0.1) is 6.92 Å². The third kappa shape index (κ3) is 4.25. The van der Waals surface area contributed by atoms with E-state index in [1.165, 1.54) is 26.2 Å². The molecule has 0 spiro atoms. The highest BCUT2D eigenvalue weighted by atomic mass is 19.4. The van der Waals surface area contributed by atoms with Crippen LogP contribution in [0.25, 0.3) is 11.3 Å². The Morgan fingerprint density at radius 1 is 1.21 bits per heavy atom. The van der Waals surface area contributed by atoms with Crippen LogP contribution in [-0.2, 0) is 13.2 Å². The summed E-state index contributed by atoms with van der Waals surface area (Å²) in [4.78, 5) is 16.4. The Balaban J connectivity index is 1.98. The first-order valence-corrected chi connectivity index (χ1v) is 8.34. The number of pyridine rings is 1. The van der Waals surface area contributed by atoms with Crippen molar-refractivity contribution >= 4 is 11.6 Å². The first kappa shape index (κ1) is 20.4. The number of aryl methyl sites for hydroxylation is 2. The Bertz CT molecular complexity index is 1060. The number of para-hydroxylation sites is 1. The molecule has 3 aromatic rings. The highest BCUT2D eigenvalue weighted by Gasteiger charge is 2.31. The smallest absolute Gasteiger partial charge is 0.321 e. The molecule has 0 radical (unpaired) electrons. The second-order valence-corrected chi connectivity index (χ2v) is 6.29. The van der Waals surface area contributed by atoms with Crippen LogP contribution in [0.4, 0.5) is 27.6 Å². The molecule has 1 N–H and O–H groups in total. The highest BCUT2D eigenvalue weighted by Crippen LogP contribution is 2.34. The second kappa shape index (κ2) is 7.61. The van der Waals surface area contributed by atoms with E-state index in [1.54, 1.807) is 18.2 Å². The largest absolute Gasteiger partial charge is 0.417 e. The molecule has 0 bridgehead atoms. The Morgan fingerprint density at radius 3 is 2.52 bits per heavy atom. The van der Waals surface area contributed by atoms with Gasteiger partial charge < -0.3 is 5.32 Å². The fourth-order valence-electron chi connectivity index (χ4n) is 2.84. The lowest BCUT2D eigenvalue weighted by atomic mass is 10.0. The second-order valence-electron chi connectivity index (χ2n) is 6.29. The average Bonchev–Trinajstić information content (AvgIpc) is 3.04. The molecular formula is C19H15F5N4O. The van der Waals surface area contributed by atoms with Gasteiger partial charge in [0.05, 0.1) is 22.5 Å². The number of nitrogens with zero attached hydrogens (tertiary/aromatic N) is 3. The number of halogens is 5. The summed E-state index contributed by atoms with van der Waals surface area (Å²) in [6.45, 7) is 1.46. The molecule has 0 atom stereocenters. The molecule has 10 heteroatoms. The summed E-state index contributed by atoms with van der Waals surface area (Å²) >= 11 is 0. The zero-order chi connectivity index (χ0) is 21.3. The molecule has 0 aliphatic heterocycles. The van der Waals surface area contributed by atoms with Crippen molar-refractivity contribution in [3.63, 3.8) is 0 Å². The number of hydrogen-bond acceptors (Lipinski definition) is 3. The van der Waals surface area contributed by atoms with Crippen molar-refractivity contribution in [2.75, 3.05) is 5.32 Å². The lowest BCUT2D eigenvalue weighted by molar-refractivity contribution is -0.137. The van der Waals surface area contributed by atoms with Crippen LogP contribution in [0.15, 0.2) is 42.7 Å². The standard InChI is InChI=1S/C19H15F5N4O/c1-10-7-11(19(22,23)24)8-25-15(10)12-5-3-4-6-14(12)26-18(29)13-9-28(2)27-16(13)17(20)21/h3-9,17H,1-2H3,(H,26,29). The van der Waals surface area contributed by atoms with Crippen molar-refractivity contribution in [3.05, 3.63) is 65.1 Å². The predicted molar refractivity (Wildman–Crippen MR) is 95.5 cm³/mol. The van der Waals surface area contributed by atoms with E-state index < -0.39 is 29.8 Å². The minimum atomic E-state index is -4.53. The molecule has 3 rings (SSSR count). The zero-order valence-electron chi connectivity index (χ0n) is 15.3. The summed E-state index contributed by atoms with van der Waals surface area (Å²) in [5, 5.41) is 6.11. The summed E-state index contributed by atoms with van der Waals surface area (Å²) in [6, 6.07) is 7.24. The van der Waals surface area contributed by atoms with Gasteiger partial charge in [-0.15, -0.1) is 0 Å². The summed E-state index contributed by atoms with van der Waals surface area (Å²) in [5.74, 6) is -0.814. The molecule has 0 saturated heterocycles. The van der Waals surface area contributed by atoms with Gasteiger partial charge in [0.1, 0.15) is 5.69 Å². The SMILES string of the molecule is Cc1cc(C(F)(F)F)cnc1-c1ccccc1NC(=O)c1cn(C)nc1C(F)F. The van der Waals surface area contributed by atoms with E-state index in [4.69, 9.17) is 0 Å². The Morgan fingerprint density at radius 2 is 1.90 bits per heavy atom. The molecule has 0 unspecified atom stereocenters. The minimum Gasteiger partial charge on any atom is -0.321 e. The van der Waals surface area contributed by atoms with Gasteiger partial charge in [-0.1, -0.05) is 18.2 Å². The van der Waals surface area contributed by atoms with E-state index in [1.807, 2.05) is 0 Å². The van der Waals surface area contributed by atoms with Crippen molar-refractivity contribution in [1.29, 1.82) is 0 Å². The van der Waals surface area contributed by atoms with Crippen LogP contribution in [0.3, 0.4) is 0 Å². The van der Waals surface area contributed by atoms with Crippen LogP contribution in [0.5, 0.6) is 0 Å². The molecule has 5 nitrogen and oxygen atoms in total. The molecule has 0 aliphatic carbocycles. The Kier molecular flexibility index (Phi) is 5.36. The lowest BCUT2D eigenvalue weighted by Crippen LogP contribution is -2.14. The first-order chi connectivity index (χ1) is 13.6. The number of aromatic nitrogens is 3.